The van der Waals surface area contributed by atoms with Crippen LogP contribution < -0.4 is 5.32 Å². The van der Waals surface area contributed by atoms with Gasteiger partial charge >= 0.3 is 0 Å². The molecule has 0 amide bonds. The van der Waals surface area contributed by atoms with Crippen LogP contribution in [0.4, 0.5) is 0 Å². The van der Waals surface area contributed by atoms with E-state index in [0.717, 1.165) is 34.4 Å². The van der Waals surface area contributed by atoms with Gasteiger partial charge in [0.2, 0.25) is 4.96 Å². The number of nitrogens with one attached hydrogen (secondary N) is 1. The molecule has 1 saturated heterocycles. The van der Waals surface area contributed by atoms with Gasteiger partial charge in [-0.25, -0.2) is 0 Å². The van der Waals surface area contributed by atoms with Crippen molar-refractivity contribution in [2.24, 2.45) is 5.92 Å². The minimum absolute atomic E-state index is 0.491. The first kappa shape index (κ1) is 12.0. The third-order valence-electron chi connectivity index (χ3n) is 3.87. The molecule has 0 unspecified atom stereocenters. The predicted molar refractivity (Wildman–Crippen MR) is 78.9 cm³/mol. The SMILES string of the molecule is C[C@@H]1CNC[C@H]1c1nn2c(-c3ccccc3)nnc2s1. The third-order valence-corrected chi connectivity index (χ3v) is 4.90. The Morgan fingerprint density at radius 3 is 2.80 bits per heavy atom. The summed E-state index contributed by atoms with van der Waals surface area (Å²) in [7, 11) is 0. The van der Waals surface area contributed by atoms with Gasteiger partial charge in [0.05, 0.1) is 0 Å². The average molecular weight is 285 g/mol. The summed E-state index contributed by atoms with van der Waals surface area (Å²) in [6.07, 6.45) is 0. The molecule has 1 aliphatic heterocycles. The Bertz CT molecular complexity index is 732. The molecule has 3 aromatic rings. The second-order valence-electron chi connectivity index (χ2n) is 5.27. The van der Waals surface area contributed by atoms with E-state index in [1.54, 1.807) is 11.3 Å². The lowest BCUT2D eigenvalue weighted by Crippen LogP contribution is -2.08. The summed E-state index contributed by atoms with van der Waals surface area (Å²) in [4.78, 5) is 0.873. The summed E-state index contributed by atoms with van der Waals surface area (Å²) in [5, 5.41) is 17.9. The highest BCUT2D eigenvalue weighted by atomic mass is 32.1. The normalized spacial score (nSPS) is 22.6. The lowest BCUT2D eigenvalue weighted by molar-refractivity contribution is 0.563. The van der Waals surface area contributed by atoms with Crippen molar-refractivity contribution < 1.29 is 0 Å². The maximum absolute atomic E-state index is 4.75. The Morgan fingerprint density at radius 2 is 2.05 bits per heavy atom. The summed E-state index contributed by atoms with van der Waals surface area (Å²) in [6, 6.07) is 10.1. The highest BCUT2D eigenvalue weighted by Gasteiger charge is 2.28. The Labute approximate surface area is 120 Å². The Hall–Kier alpha value is -1.79. The first-order valence-corrected chi connectivity index (χ1v) is 7.63. The summed E-state index contributed by atoms with van der Waals surface area (Å²) in [5.74, 6) is 1.94. The molecule has 6 heteroatoms. The maximum Gasteiger partial charge on any atom is 0.234 e. The Morgan fingerprint density at radius 1 is 1.20 bits per heavy atom. The zero-order valence-corrected chi connectivity index (χ0v) is 12.0. The number of fused-ring (bicyclic) bond motifs is 1. The molecule has 20 heavy (non-hydrogen) atoms. The summed E-state index contributed by atoms with van der Waals surface area (Å²) < 4.78 is 1.88. The van der Waals surface area contributed by atoms with Crippen molar-refractivity contribution in [1.82, 2.24) is 25.1 Å². The van der Waals surface area contributed by atoms with Gasteiger partial charge in [-0.05, 0) is 12.5 Å². The molecular weight excluding hydrogens is 270 g/mol. The number of hydrogen-bond donors (Lipinski definition) is 1. The molecule has 1 aromatic carbocycles. The fraction of sp³-hybridized carbons (Fsp3) is 0.357. The van der Waals surface area contributed by atoms with E-state index >= 15 is 0 Å². The minimum atomic E-state index is 0.491. The summed E-state index contributed by atoms with van der Waals surface area (Å²) in [6.45, 7) is 4.34. The molecule has 0 radical (unpaired) electrons. The van der Waals surface area contributed by atoms with Crippen molar-refractivity contribution >= 4 is 16.3 Å². The standard InChI is InChI=1S/C14H15N5S/c1-9-7-15-8-11(9)13-18-19-12(16-17-14(19)20-13)10-5-3-2-4-6-10/h2-6,9,11,15H,7-8H2,1H3/t9-,11-/m1/s1. The van der Waals surface area contributed by atoms with Gasteiger partial charge in [0, 0.05) is 18.0 Å². The zero-order valence-electron chi connectivity index (χ0n) is 11.2. The van der Waals surface area contributed by atoms with Crippen LogP contribution in [0.2, 0.25) is 0 Å². The number of aromatic nitrogens is 4. The molecule has 4 rings (SSSR count). The van der Waals surface area contributed by atoms with Gasteiger partial charge in [0.25, 0.3) is 0 Å². The molecule has 0 aliphatic carbocycles. The van der Waals surface area contributed by atoms with Gasteiger partial charge in [-0.15, -0.1) is 10.2 Å². The van der Waals surface area contributed by atoms with E-state index in [9.17, 15) is 0 Å². The van der Waals surface area contributed by atoms with Gasteiger partial charge < -0.3 is 5.32 Å². The molecule has 0 spiro atoms. The quantitative estimate of drug-likeness (QED) is 0.784. The zero-order chi connectivity index (χ0) is 13.5. The van der Waals surface area contributed by atoms with Crippen LogP contribution in [0, 0.1) is 5.92 Å². The third kappa shape index (κ3) is 1.83. The smallest absolute Gasteiger partial charge is 0.234 e. The van der Waals surface area contributed by atoms with E-state index in [2.05, 4.69) is 22.4 Å². The first-order valence-electron chi connectivity index (χ1n) is 6.81. The molecule has 0 saturated carbocycles. The average Bonchev–Trinajstić information content (AvgIpc) is 3.13. The molecule has 0 bridgehead atoms. The van der Waals surface area contributed by atoms with Crippen LogP contribution in [0.25, 0.3) is 16.3 Å². The van der Waals surface area contributed by atoms with Gasteiger partial charge in [-0.3, -0.25) is 0 Å². The lowest BCUT2D eigenvalue weighted by atomic mass is 9.99. The lowest BCUT2D eigenvalue weighted by Gasteiger charge is -2.08. The van der Waals surface area contributed by atoms with Crippen molar-refractivity contribution in [2.45, 2.75) is 12.8 Å². The van der Waals surface area contributed by atoms with Crippen molar-refractivity contribution in [3.63, 3.8) is 0 Å². The predicted octanol–water partition coefficient (Wildman–Crippen LogP) is 2.18. The van der Waals surface area contributed by atoms with E-state index in [1.807, 2.05) is 34.8 Å². The molecule has 1 N–H and O–H groups in total. The molecule has 1 fully saturated rings. The Balaban J connectivity index is 1.79. The first-order chi connectivity index (χ1) is 9.83. The van der Waals surface area contributed by atoms with Crippen LogP contribution in [0.5, 0.6) is 0 Å². The van der Waals surface area contributed by atoms with Crippen LogP contribution in [-0.4, -0.2) is 32.9 Å². The number of benzene rings is 1. The molecule has 3 heterocycles. The van der Waals surface area contributed by atoms with Crippen LogP contribution in [0.1, 0.15) is 17.8 Å². The van der Waals surface area contributed by atoms with Gasteiger partial charge in [0.1, 0.15) is 5.01 Å². The van der Waals surface area contributed by atoms with E-state index in [-0.39, 0.29) is 0 Å². The fourth-order valence-corrected chi connectivity index (χ4v) is 3.76. The fourth-order valence-electron chi connectivity index (χ4n) is 2.69. The second-order valence-corrected chi connectivity index (χ2v) is 6.25. The summed E-state index contributed by atoms with van der Waals surface area (Å²) in [5.41, 5.74) is 1.05. The molecule has 2 aromatic heterocycles. The van der Waals surface area contributed by atoms with Gasteiger partial charge in [-0.2, -0.15) is 9.61 Å². The minimum Gasteiger partial charge on any atom is -0.316 e. The highest BCUT2D eigenvalue weighted by Crippen LogP contribution is 2.31. The van der Waals surface area contributed by atoms with E-state index < -0.39 is 0 Å². The monoisotopic (exact) mass is 285 g/mol. The van der Waals surface area contributed by atoms with Crippen molar-refractivity contribution in [1.29, 1.82) is 0 Å². The largest absolute Gasteiger partial charge is 0.316 e. The van der Waals surface area contributed by atoms with E-state index in [4.69, 9.17) is 5.10 Å². The number of hydrogen-bond acceptors (Lipinski definition) is 5. The Kier molecular flexibility index (Phi) is 2.78. The van der Waals surface area contributed by atoms with Gasteiger partial charge in [0.15, 0.2) is 5.82 Å². The van der Waals surface area contributed by atoms with Crippen LogP contribution >= 0.6 is 11.3 Å². The second kappa shape index (κ2) is 4.64. The highest BCUT2D eigenvalue weighted by molar-refractivity contribution is 7.16. The molecule has 102 valence electrons. The van der Waals surface area contributed by atoms with Crippen molar-refractivity contribution in [3.05, 3.63) is 35.3 Å². The van der Waals surface area contributed by atoms with E-state index in [1.165, 1.54) is 0 Å². The molecule has 1 aliphatic rings. The van der Waals surface area contributed by atoms with Gasteiger partial charge in [-0.1, -0.05) is 48.6 Å². The van der Waals surface area contributed by atoms with Crippen LogP contribution in [0.15, 0.2) is 30.3 Å². The van der Waals surface area contributed by atoms with Crippen molar-refractivity contribution in [3.8, 4) is 11.4 Å². The van der Waals surface area contributed by atoms with Crippen molar-refractivity contribution in [2.75, 3.05) is 13.1 Å². The maximum atomic E-state index is 4.75. The molecular formula is C14H15N5S. The number of rotatable bonds is 2. The topological polar surface area (TPSA) is 55.1 Å². The summed E-state index contributed by atoms with van der Waals surface area (Å²) >= 11 is 1.65. The van der Waals surface area contributed by atoms with Crippen LogP contribution in [-0.2, 0) is 0 Å². The molecule has 2 atom stereocenters. The molecule has 5 nitrogen and oxygen atoms in total. The number of nitrogens with zero attached hydrogens (tertiary/aromatic N) is 4. The van der Waals surface area contributed by atoms with Crippen LogP contribution in [0.3, 0.4) is 0 Å². The van der Waals surface area contributed by atoms with E-state index in [0.29, 0.717) is 11.8 Å².